The van der Waals surface area contributed by atoms with Gasteiger partial charge in [-0.15, -0.1) is 22.0 Å². The molecule has 0 radical (unpaired) electrons. The number of para-hydroxylation sites is 1. The molecular formula is C17H21N7O3S. The van der Waals surface area contributed by atoms with Crippen LogP contribution in [0.2, 0.25) is 0 Å². The van der Waals surface area contributed by atoms with E-state index in [1.165, 1.54) is 7.11 Å². The van der Waals surface area contributed by atoms with Crippen molar-refractivity contribution in [2.75, 3.05) is 7.11 Å². The molecule has 3 heterocycles. The highest BCUT2D eigenvalue weighted by Crippen LogP contribution is 2.56. The van der Waals surface area contributed by atoms with E-state index in [1.807, 2.05) is 13.8 Å². The number of methoxy groups -OCH3 is 1. The lowest BCUT2D eigenvalue weighted by Crippen LogP contribution is -2.68. The maximum atomic E-state index is 12.8. The predicted molar refractivity (Wildman–Crippen MR) is 101 cm³/mol. The number of hydrogen-bond donors (Lipinski definition) is 3. The lowest BCUT2D eigenvalue weighted by Gasteiger charge is -2.44. The maximum Gasteiger partial charge on any atom is 0.249 e. The Hall–Kier alpha value is -2.66. The van der Waals surface area contributed by atoms with E-state index >= 15 is 0 Å². The first kappa shape index (κ1) is 18.7. The van der Waals surface area contributed by atoms with E-state index in [1.54, 1.807) is 40.9 Å². The second-order valence-electron chi connectivity index (χ2n) is 7.24. The second kappa shape index (κ2) is 6.74. The van der Waals surface area contributed by atoms with Crippen molar-refractivity contribution in [1.29, 1.82) is 0 Å². The Balaban J connectivity index is 1.50. The zero-order chi connectivity index (χ0) is 20.1. The number of nitrogens with zero attached hydrogens (tertiary/aromatic N) is 4. The van der Waals surface area contributed by atoms with Crippen LogP contribution in [0, 0.1) is 0 Å². The Kier molecular flexibility index (Phi) is 4.50. The molecule has 11 heteroatoms. The summed E-state index contributed by atoms with van der Waals surface area (Å²) < 4.78 is 4.95. The summed E-state index contributed by atoms with van der Waals surface area (Å²) in [5.41, 5.74) is 6.69. The fourth-order valence-electron chi connectivity index (χ4n) is 3.76. The van der Waals surface area contributed by atoms with Crippen molar-refractivity contribution in [3.63, 3.8) is 0 Å². The number of rotatable bonds is 5. The van der Waals surface area contributed by atoms with Gasteiger partial charge in [0.2, 0.25) is 11.8 Å². The summed E-state index contributed by atoms with van der Waals surface area (Å²) in [5, 5.41) is 16.7. The molecule has 0 spiro atoms. The lowest BCUT2D eigenvalue weighted by molar-refractivity contribution is -0.152. The third-order valence-corrected chi connectivity index (χ3v) is 6.67. The molecule has 0 bridgehead atoms. The largest absolute Gasteiger partial charge is 0.496 e. The molecule has 2 aliphatic heterocycles. The van der Waals surface area contributed by atoms with Gasteiger partial charge in [-0.2, -0.15) is 5.21 Å². The standard InChI is InChI=1S/C17H21N7O3S/c1-17(2)12(13-20-22-23-21-13)24-15(26)11(16(24)28-17)19-14(25)10(18)8-6-4-5-7-9(8)27-3/h4-7,10-12,16H,18H2,1-3H3,(H,19,25)(H,20,21,22,23)/t10?,11?,12?,16-/m1/s1. The molecule has 148 valence electrons. The van der Waals surface area contributed by atoms with Crippen molar-refractivity contribution in [3.8, 4) is 5.75 Å². The average Bonchev–Trinajstić information content (AvgIpc) is 3.29. The summed E-state index contributed by atoms with van der Waals surface area (Å²) in [4.78, 5) is 27.2. The van der Waals surface area contributed by atoms with Crippen LogP contribution in [0.25, 0.3) is 0 Å². The minimum absolute atomic E-state index is 0.182. The van der Waals surface area contributed by atoms with Gasteiger partial charge >= 0.3 is 0 Å². The first-order chi connectivity index (χ1) is 13.3. The number of H-pyrrole nitrogens is 1. The minimum Gasteiger partial charge on any atom is -0.496 e. The van der Waals surface area contributed by atoms with E-state index in [0.717, 1.165) is 0 Å². The number of β-lactam (4-membered cyclic amide) rings is 1. The SMILES string of the molecule is COc1ccccc1C(N)C(=O)NC1C(=O)N2C(c3nn[nH]n3)C(C)(C)S[C@H]12. The molecule has 4 atom stereocenters. The van der Waals surface area contributed by atoms with Crippen molar-refractivity contribution in [1.82, 2.24) is 30.8 Å². The molecule has 4 N–H and O–H groups in total. The normalized spacial score (nSPS) is 26.4. The highest BCUT2D eigenvalue weighted by molar-refractivity contribution is 8.01. The number of carbonyl (C=O) groups excluding carboxylic acids is 2. The monoisotopic (exact) mass is 403 g/mol. The zero-order valence-corrected chi connectivity index (χ0v) is 16.4. The Bertz CT molecular complexity index is 904. The van der Waals surface area contributed by atoms with Gasteiger partial charge in [0.25, 0.3) is 0 Å². The molecule has 10 nitrogen and oxygen atoms in total. The van der Waals surface area contributed by atoms with Crippen LogP contribution in [0.4, 0.5) is 0 Å². The topological polar surface area (TPSA) is 139 Å². The van der Waals surface area contributed by atoms with Crippen LogP contribution in [-0.4, -0.2) is 60.6 Å². The molecular weight excluding hydrogens is 382 g/mol. The number of ether oxygens (including phenoxy) is 1. The summed E-state index contributed by atoms with van der Waals surface area (Å²) >= 11 is 1.60. The molecule has 0 saturated carbocycles. The van der Waals surface area contributed by atoms with Gasteiger partial charge in [0.15, 0.2) is 5.82 Å². The number of nitrogens with two attached hydrogens (primary N) is 1. The lowest BCUT2D eigenvalue weighted by atomic mass is 9.95. The summed E-state index contributed by atoms with van der Waals surface area (Å²) in [6, 6.07) is 5.16. The van der Waals surface area contributed by atoms with E-state index in [2.05, 4.69) is 25.9 Å². The molecule has 1 aromatic carbocycles. The van der Waals surface area contributed by atoms with Crippen molar-refractivity contribution in [3.05, 3.63) is 35.7 Å². The van der Waals surface area contributed by atoms with Crippen LogP contribution < -0.4 is 15.8 Å². The number of carbonyl (C=O) groups is 2. The first-order valence-electron chi connectivity index (χ1n) is 8.77. The van der Waals surface area contributed by atoms with Gasteiger partial charge < -0.3 is 20.7 Å². The van der Waals surface area contributed by atoms with E-state index in [-0.39, 0.29) is 22.1 Å². The number of benzene rings is 1. The smallest absolute Gasteiger partial charge is 0.249 e. The van der Waals surface area contributed by atoms with Crippen LogP contribution in [-0.2, 0) is 9.59 Å². The van der Waals surface area contributed by atoms with Crippen LogP contribution >= 0.6 is 11.8 Å². The quantitative estimate of drug-likeness (QED) is 0.599. The summed E-state index contributed by atoms with van der Waals surface area (Å²) in [5.74, 6) is 0.381. The molecule has 4 rings (SSSR count). The fraction of sp³-hybridized carbons (Fsp3) is 0.471. The molecule has 1 aromatic heterocycles. The van der Waals surface area contributed by atoms with E-state index in [0.29, 0.717) is 17.1 Å². The number of tetrazole rings is 1. The molecule has 2 saturated heterocycles. The number of thioether (sulfide) groups is 1. The molecule has 2 aliphatic rings. The van der Waals surface area contributed by atoms with Gasteiger partial charge in [-0.1, -0.05) is 23.4 Å². The van der Waals surface area contributed by atoms with Crippen molar-refractivity contribution < 1.29 is 14.3 Å². The highest BCUT2D eigenvalue weighted by atomic mass is 32.2. The molecule has 28 heavy (non-hydrogen) atoms. The Labute approximate surface area is 165 Å². The fourth-order valence-corrected chi connectivity index (χ4v) is 5.39. The molecule has 2 amide bonds. The van der Waals surface area contributed by atoms with Gasteiger partial charge in [0.05, 0.1) is 7.11 Å². The molecule has 3 unspecified atom stereocenters. The third kappa shape index (κ3) is 2.81. The minimum atomic E-state index is -0.939. The van der Waals surface area contributed by atoms with Crippen molar-refractivity contribution in [2.24, 2.45) is 5.73 Å². The van der Waals surface area contributed by atoms with E-state index in [9.17, 15) is 9.59 Å². The van der Waals surface area contributed by atoms with Crippen molar-refractivity contribution in [2.45, 2.75) is 42.1 Å². The average molecular weight is 403 g/mol. The number of aromatic nitrogens is 4. The summed E-state index contributed by atoms with van der Waals surface area (Å²) in [6.07, 6.45) is 0. The van der Waals surface area contributed by atoms with Gasteiger partial charge in [-0.3, -0.25) is 9.59 Å². The Morgan fingerprint density at radius 3 is 2.86 bits per heavy atom. The van der Waals surface area contributed by atoms with Gasteiger partial charge in [-0.05, 0) is 19.9 Å². The van der Waals surface area contributed by atoms with Gasteiger partial charge in [0, 0.05) is 10.3 Å². The third-order valence-electron chi connectivity index (χ3n) is 5.10. The number of hydrogen-bond acceptors (Lipinski definition) is 8. The van der Waals surface area contributed by atoms with Crippen LogP contribution in [0.1, 0.15) is 37.3 Å². The molecule has 2 aromatic rings. The number of nitrogens with one attached hydrogen (secondary N) is 2. The molecule has 2 fully saturated rings. The Morgan fingerprint density at radius 1 is 1.43 bits per heavy atom. The number of aromatic amines is 1. The van der Waals surface area contributed by atoms with E-state index in [4.69, 9.17) is 10.5 Å². The second-order valence-corrected chi connectivity index (χ2v) is 9.01. The number of amides is 2. The number of fused-ring (bicyclic) bond motifs is 1. The maximum absolute atomic E-state index is 12.8. The van der Waals surface area contributed by atoms with Gasteiger partial charge in [-0.25, -0.2) is 0 Å². The Morgan fingerprint density at radius 2 is 2.18 bits per heavy atom. The predicted octanol–water partition coefficient (Wildman–Crippen LogP) is 0.128. The van der Waals surface area contributed by atoms with Crippen LogP contribution in [0.3, 0.4) is 0 Å². The summed E-state index contributed by atoms with van der Waals surface area (Å²) in [6.45, 7) is 4.04. The molecule has 0 aliphatic carbocycles. The van der Waals surface area contributed by atoms with E-state index < -0.39 is 18.0 Å². The van der Waals surface area contributed by atoms with Crippen LogP contribution in [0.15, 0.2) is 24.3 Å². The first-order valence-corrected chi connectivity index (χ1v) is 9.65. The van der Waals surface area contributed by atoms with Crippen molar-refractivity contribution >= 4 is 23.6 Å². The van der Waals surface area contributed by atoms with Gasteiger partial charge in [0.1, 0.15) is 29.2 Å². The van der Waals surface area contributed by atoms with Crippen LogP contribution in [0.5, 0.6) is 5.75 Å². The highest BCUT2D eigenvalue weighted by Gasteiger charge is 2.63. The zero-order valence-electron chi connectivity index (χ0n) is 15.6. The summed E-state index contributed by atoms with van der Waals surface area (Å²) in [7, 11) is 1.52.